The van der Waals surface area contributed by atoms with E-state index < -0.39 is 0 Å². The summed E-state index contributed by atoms with van der Waals surface area (Å²) >= 11 is 5.89. The van der Waals surface area contributed by atoms with Gasteiger partial charge in [0.1, 0.15) is 0 Å². The van der Waals surface area contributed by atoms with Gasteiger partial charge in [0.15, 0.2) is 0 Å². The molecule has 0 saturated carbocycles. The van der Waals surface area contributed by atoms with Crippen molar-refractivity contribution in [3.8, 4) is 11.4 Å². The number of halogens is 1. The molecule has 2 unspecified atom stereocenters. The quantitative estimate of drug-likeness (QED) is 0.910. The largest absolute Gasteiger partial charge is 0.396 e. The van der Waals surface area contributed by atoms with Gasteiger partial charge in [0, 0.05) is 42.7 Å². The van der Waals surface area contributed by atoms with Crippen LogP contribution in [0, 0.1) is 5.92 Å². The van der Waals surface area contributed by atoms with Gasteiger partial charge >= 0.3 is 0 Å². The van der Waals surface area contributed by atoms with Gasteiger partial charge in [-0.3, -0.25) is 4.90 Å². The fourth-order valence-corrected chi connectivity index (χ4v) is 3.16. The highest BCUT2D eigenvalue weighted by Crippen LogP contribution is 2.22. The molecule has 0 amide bonds. The third kappa shape index (κ3) is 4.10. The number of rotatable bonds is 5. The summed E-state index contributed by atoms with van der Waals surface area (Å²) in [5.74, 6) is 1.63. The highest BCUT2D eigenvalue weighted by molar-refractivity contribution is 6.30. The second-order valence-corrected chi connectivity index (χ2v) is 6.67. The average molecular weight is 336 g/mol. The molecular formula is C17H22ClN3O2. The first-order chi connectivity index (χ1) is 11.2. The van der Waals surface area contributed by atoms with Crippen molar-refractivity contribution in [2.45, 2.75) is 32.2 Å². The van der Waals surface area contributed by atoms with E-state index in [1.165, 1.54) is 0 Å². The van der Waals surface area contributed by atoms with Crippen molar-refractivity contribution in [1.82, 2.24) is 15.0 Å². The van der Waals surface area contributed by atoms with Gasteiger partial charge in [-0.2, -0.15) is 4.98 Å². The first kappa shape index (κ1) is 16.4. The maximum Gasteiger partial charge on any atom is 0.228 e. The maximum atomic E-state index is 9.35. The van der Waals surface area contributed by atoms with Crippen molar-refractivity contribution in [2.75, 3.05) is 19.7 Å². The molecule has 1 fully saturated rings. The van der Waals surface area contributed by atoms with Gasteiger partial charge in [-0.25, -0.2) is 0 Å². The average Bonchev–Trinajstić information content (AvgIpc) is 3.04. The number of aliphatic hydroxyl groups excluding tert-OH is 1. The van der Waals surface area contributed by atoms with Crippen LogP contribution in [0.1, 0.15) is 25.7 Å². The summed E-state index contributed by atoms with van der Waals surface area (Å²) in [6, 6.07) is 7.94. The van der Waals surface area contributed by atoms with E-state index in [0.717, 1.165) is 37.9 Å². The van der Waals surface area contributed by atoms with E-state index in [-0.39, 0.29) is 6.61 Å². The lowest BCUT2D eigenvalue weighted by Gasteiger charge is -2.37. The SMILES string of the molecule is CC1CCC(CO)CN1CCc1nc(-c2ccc(Cl)cc2)no1. The second kappa shape index (κ2) is 7.43. The molecule has 2 atom stereocenters. The van der Waals surface area contributed by atoms with Gasteiger partial charge in [-0.1, -0.05) is 16.8 Å². The number of hydrogen-bond acceptors (Lipinski definition) is 5. The lowest BCUT2D eigenvalue weighted by Crippen LogP contribution is -2.43. The molecule has 0 radical (unpaired) electrons. The molecule has 1 aromatic heterocycles. The standard InChI is InChI=1S/C17H22ClN3O2/c1-12-2-3-13(11-22)10-21(12)9-8-16-19-17(20-23-16)14-4-6-15(18)7-5-14/h4-7,12-13,22H,2-3,8-11H2,1H3. The highest BCUT2D eigenvalue weighted by atomic mass is 35.5. The monoisotopic (exact) mass is 335 g/mol. The van der Waals surface area contributed by atoms with E-state index in [4.69, 9.17) is 16.1 Å². The number of piperidine rings is 1. The van der Waals surface area contributed by atoms with Crippen LogP contribution in [-0.4, -0.2) is 45.9 Å². The molecule has 0 bridgehead atoms. The number of aromatic nitrogens is 2. The second-order valence-electron chi connectivity index (χ2n) is 6.24. The summed E-state index contributed by atoms with van der Waals surface area (Å²) < 4.78 is 5.36. The Morgan fingerprint density at radius 3 is 2.83 bits per heavy atom. The van der Waals surface area contributed by atoms with Crippen molar-refractivity contribution < 1.29 is 9.63 Å². The molecule has 1 saturated heterocycles. The van der Waals surface area contributed by atoms with Crippen LogP contribution in [-0.2, 0) is 6.42 Å². The molecule has 23 heavy (non-hydrogen) atoms. The number of benzene rings is 1. The summed E-state index contributed by atoms with van der Waals surface area (Å²) in [6.45, 7) is 4.32. The van der Waals surface area contributed by atoms with Gasteiger partial charge in [0.05, 0.1) is 0 Å². The van der Waals surface area contributed by atoms with Gasteiger partial charge in [0.25, 0.3) is 0 Å². The molecule has 1 aromatic carbocycles. The topological polar surface area (TPSA) is 62.4 Å². The Balaban J connectivity index is 1.59. The van der Waals surface area contributed by atoms with Crippen molar-refractivity contribution in [3.05, 3.63) is 35.2 Å². The molecule has 2 heterocycles. The Bertz CT molecular complexity index is 629. The lowest BCUT2D eigenvalue weighted by molar-refractivity contribution is 0.0821. The predicted molar refractivity (Wildman–Crippen MR) is 89.3 cm³/mol. The third-order valence-corrected chi connectivity index (χ3v) is 4.80. The summed E-state index contributed by atoms with van der Waals surface area (Å²) in [5, 5.41) is 14.1. The van der Waals surface area contributed by atoms with Crippen molar-refractivity contribution >= 4 is 11.6 Å². The van der Waals surface area contributed by atoms with Gasteiger partial charge in [-0.05, 0) is 49.9 Å². The van der Waals surface area contributed by atoms with Crippen LogP contribution in [0.25, 0.3) is 11.4 Å². The zero-order valence-corrected chi connectivity index (χ0v) is 14.0. The van der Waals surface area contributed by atoms with E-state index in [9.17, 15) is 5.11 Å². The molecule has 0 spiro atoms. The summed E-state index contributed by atoms with van der Waals surface area (Å²) in [5.41, 5.74) is 0.899. The molecule has 2 aromatic rings. The van der Waals surface area contributed by atoms with Gasteiger partial charge in [-0.15, -0.1) is 0 Å². The summed E-state index contributed by atoms with van der Waals surface area (Å²) in [4.78, 5) is 6.86. The molecule has 3 rings (SSSR count). The zero-order chi connectivity index (χ0) is 16.2. The number of nitrogens with zero attached hydrogens (tertiary/aromatic N) is 3. The molecule has 124 valence electrons. The van der Waals surface area contributed by atoms with Crippen molar-refractivity contribution in [1.29, 1.82) is 0 Å². The molecule has 0 aliphatic carbocycles. The van der Waals surface area contributed by atoms with Crippen LogP contribution >= 0.6 is 11.6 Å². The highest BCUT2D eigenvalue weighted by Gasteiger charge is 2.25. The Morgan fingerprint density at radius 2 is 2.09 bits per heavy atom. The number of aliphatic hydroxyl groups is 1. The minimum absolute atomic E-state index is 0.268. The fourth-order valence-electron chi connectivity index (χ4n) is 3.03. The molecular weight excluding hydrogens is 314 g/mol. The van der Waals surface area contributed by atoms with Crippen LogP contribution in [0.5, 0.6) is 0 Å². The van der Waals surface area contributed by atoms with Crippen molar-refractivity contribution in [2.24, 2.45) is 5.92 Å². The van der Waals surface area contributed by atoms with E-state index in [0.29, 0.717) is 28.7 Å². The Morgan fingerprint density at radius 1 is 1.30 bits per heavy atom. The minimum Gasteiger partial charge on any atom is -0.396 e. The van der Waals surface area contributed by atoms with Crippen LogP contribution in [0.15, 0.2) is 28.8 Å². The first-order valence-corrected chi connectivity index (χ1v) is 8.47. The van der Waals surface area contributed by atoms with Crippen LogP contribution in [0.4, 0.5) is 0 Å². The molecule has 5 nitrogen and oxygen atoms in total. The summed E-state index contributed by atoms with van der Waals surface area (Å²) in [7, 11) is 0. The number of likely N-dealkylation sites (tertiary alicyclic amines) is 1. The smallest absolute Gasteiger partial charge is 0.228 e. The Hall–Kier alpha value is -1.43. The van der Waals surface area contributed by atoms with Gasteiger partial charge < -0.3 is 9.63 Å². The molecule has 6 heteroatoms. The normalized spacial score (nSPS) is 22.4. The van der Waals surface area contributed by atoms with Crippen LogP contribution in [0.3, 0.4) is 0 Å². The first-order valence-electron chi connectivity index (χ1n) is 8.09. The predicted octanol–water partition coefficient (Wildman–Crippen LogP) is 3.03. The maximum absolute atomic E-state index is 9.35. The molecule has 1 aliphatic rings. The van der Waals surface area contributed by atoms with Crippen molar-refractivity contribution in [3.63, 3.8) is 0 Å². The third-order valence-electron chi connectivity index (χ3n) is 4.55. The molecule has 1 N–H and O–H groups in total. The van der Waals surface area contributed by atoms with Crippen LogP contribution in [0.2, 0.25) is 5.02 Å². The number of hydrogen-bond donors (Lipinski definition) is 1. The Labute approximate surface area is 141 Å². The molecule has 1 aliphatic heterocycles. The van der Waals surface area contributed by atoms with E-state index in [1.807, 2.05) is 24.3 Å². The lowest BCUT2D eigenvalue weighted by atomic mass is 9.94. The van der Waals surface area contributed by atoms with E-state index >= 15 is 0 Å². The van der Waals surface area contributed by atoms with Crippen LogP contribution < -0.4 is 0 Å². The van der Waals surface area contributed by atoms with Gasteiger partial charge in [0.2, 0.25) is 11.7 Å². The van der Waals surface area contributed by atoms with E-state index in [2.05, 4.69) is 22.0 Å². The Kier molecular flexibility index (Phi) is 5.30. The fraction of sp³-hybridized carbons (Fsp3) is 0.529. The summed E-state index contributed by atoms with van der Waals surface area (Å²) in [6.07, 6.45) is 2.96. The zero-order valence-electron chi connectivity index (χ0n) is 13.3. The van der Waals surface area contributed by atoms with E-state index in [1.54, 1.807) is 0 Å². The minimum atomic E-state index is 0.268.